The molecule has 0 N–H and O–H groups in total. The molecular weight excluding hydrogens is 288 g/mol. The number of likely N-dealkylation sites (tertiary alicyclic amines) is 1. The highest BCUT2D eigenvalue weighted by Gasteiger charge is 2.48. The summed E-state index contributed by atoms with van der Waals surface area (Å²) < 4.78 is 5.20. The predicted molar refractivity (Wildman–Crippen MR) is 93.0 cm³/mol. The molecule has 2 aliphatic heterocycles. The zero-order valence-electron chi connectivity index (χ0n) is 14.4. The molecule has 2 aliphatic rings. The summed E-state index contributed by atoms with van der Waals surface area (Å²) in [4.78, 5) is 17.5. The number of hydrogen-bond donors (Lipinski definition) is 0. The summed E-state index contributed by atoms with van der Waals surface area (Å²) in [5.41, 5.74) is 0.893. The van der Waals surface area contributed by atoms with Gasteiger partial charge in [-0.2, -0.15) is 0 Å². The lowest BCUT2D eigenvalue weighted by Crippen LogP contribution is -2.44. The van der Waals surface area contributed by atoms with Crippen LogP contribution < -0.4 is 9.64 Å². The van der Waals surface area contributed by atoms with Gasteiger partial charge >= 0.3 is 0 Å². The van der Waals surface area contributed by atoms with Crippen molar-refractivity contribution >= 4 is 11.6 Å². The van der Waals surface area contributed by atoms with Crippen molar-refractivity contribution in [3.05, 3.63) is 24.3 Å². The van der Waals surface area contributed by atoms with Crippen molar-refractivity contribution in [1.82, 2.24) is 4.90 Å². The molecule has 0 aliphatic carbocycles. The summed E-state index contributed by atoms with van der Waals surface area (Å²) in [6, 6.07) is 7.85. The molecule has 0 radical (unpaired) electrons. The Hall–Kier alpha value is -1.55. The molecule has 23 heavy (non-hydrogen) atoms. The van der Waals surface area contributed by atoms with Crippen LogP contribution in [-0.2, 0) is 4.79 Å². The van der Waals surface area contributed by atoms with E-state index >= 15 is 0 Å². The molecule has 0 aromatic heterocycles. The maximum atomic E-state index is 13.0. The molecule has 0 unspecified atom stereocenters. The fourth-order valence-electron chi connectivity index (χ4n) is 3.88. The Morgan fingerprint density at radius 3 is 2.35 bits per heavy atom. The first kappa shape index (κ1) is 16.3. The van der Waals surface area contributed by atoms with Gasteiger partial charge in [0.05, 0.1) is 12.5 Å². The topological polar surface area (TPSA) is 32.8 Å². The molecule has 1 aromatic rings. The van der Waals surface area contributed by atoms with Crippen molar-refractivity contribution in [2.45, 2.75) is 39.0 Å². The molecule has 126 valence electrons. The number of anilines is 1. The second kappa shape index (κ2) is 6.91. The minimum atomic E-state index is -0.108. The second-order valence-corrected chi connectivity index (χ2v) is 6.88. The standard InChI is InChI=1S/C19H28N2O2/c1-3-4-12-20-13-9-19(10-14-20)11-15-21(18(19)22)16-5-7-17(23-2)8-6-16/h5-8H,3-4,9-15H2,1-2H3. The molecule has 2 saturated heterocycles. The summed E-state index contributed by atoms with van der Waals surface area (Å²) in [5.74, 6) is 1.16. The highest BCUT2D eigenvalue weighted by molar-refractivity contribution is 6.00. The van der Waals surface area contributed by atoms with E-state index in [1.807, 2.05) is 29.2 Å². The molecule has 0 bridgehead atoms. The summed E-state index contributed by atoms with van der Waals surface area (Å²) in [5, 5.41) is 0. The molecule has 1 spiro atoms. The molecular formula is C19H28N2O2. The molecule has 0 saturated carbocycles. The van der Waals surface area contributed by atoms with Crippen molar-refractivity contribution in [3.8, 4) is 5.75 Å². The van der Waals surface area contributed by atoms with Crippen LogP contribution in [0.3, 0.4) is 0 Å². The molecule has 3 rings (SSSR count). The summed E-state index contributed by atoms with van der Waals surface area (Å²) in [6.45, 7) is 6.41. The number of carbonyl (C=O) groups excluding carboxylic acids is 1. The van der Waals surface area contributed by atoms with Crippen LogP contribution >= 0.6 is 0 Å². The zero-order chi connectivity index (χ0) is 16.3. The number of carbonyl (C=O) groups is 1. The Morgan fingerprint density at radius 2 is 1.74 bits per heavy atom. The van der Waals surface area contributed by atoms with Gasteiger partial charge in [0, 0.05) is 12.2 Å². The lowest BCUT2D eigenvalue weighted by atomic mass is 9.77. The first-order valence-corrected chi connectivity index (χ1v) is 8.87. The Labute approximate surface area is 139 Å². The van der Waals surface area contributed by atoms with E-state index in [0.717, 1.165) is 50.3 Å². The van der Waals surface area contributed by atoms with Gasteiger partial charge in [0.15, 0.2) is 0 Å². The number of hydrogen-bond acceptors (Lipinski definition) is 3. The zero-order valence-corrected chi connectivity index (χ0v) is 14.4. The summed E-state index contributed by atoms with van der Waals surface area (Å²) >= 11 is 0. The van der Waals surface area contributed by atoms with Gasteiger partial charge in [-0.05, 0) is 69.6 Å². The third-order valence-corrected chi connectivity index (χ3v) is 5.54. The average Bonchev–Trinajstić information content (AvgIpc) is 2.91. The lowest BCUT2D eigenvalue weighted by Gasteiger charge is -2.38. The minimum Gasteiger partial charge on any atom is -0.497 e. The summed E-state index contributed by atoms with van der Waals surface area (Å²) in [7, 11) is 1.66. The Kier molecular flexibility index (Phi) is 4.90. The van der Waals surface area contributed by atoms with Crippen LogP contribution in [0.25, 0.3) is 0 Å². The van der Waals surface area contributed by atoms with Crippen LogP contribution in [0.1, 0.15) is 39.0 Å². The van der Waals surface area contributed by atoms with Crippen LogP contribution in [0.4, 0.5) is 5.69 Å². The minimum absolute atomic E-state index is 0.108. The van der Waals surface area contributed by atoms with Gasteiger partial charge in [-0.15, -0.1) is 0 Å². The fourth-order valence-corrected chi connectivity index (χ4v) is 3.88. The van der Waals surface area contributed by atoms with E-state index in [-0.39, 0.29) is 5.41 Å². The maximum absolute atomic E-state index is 13.0. The molecule has 2 heterocycles. The molecule has 4 heteroatoms. The highest BCUT2D eigenvalue weighted by Crippen LogP contribution is 2.43. The number of methoxy groups -OCH3 is 1. The number of piperidine rings is 1. The molecule has 2 fully saturated rings. The molecule has 1 aromatic carbocycles. The molecule has 1 amide bonds. The van der Waals surface area contributed by atoms with Gasteiger partial charge in [-0.3, -0.25) is 4.79 Å². The predicted octanol–water partition coefficient (Wildman–Crippen LogP) is 3.31. The normalized spacial score (nSPS) is 21.1. The van der Waals surface area contributed by atoms with Gasteiger partial charge in [0.25, 0.3) is 0 Å². The molecule has 0 atom stereocenters. The number of rotatable bonds is 5. The Morgan fingerprint density at radius 1 is 1.09 bits per heavy atom. The van der Waals surface area contributed by atoms with E-state index in [2.05, 4.69) is 11.8 Å². The van der Waals surface area contributed by atoms with Gasteiger partial charge < -0.3 is 14.5 Å². The van der Waals surface area contributed by atoms with Gasteiger partial charge in [0.1, 0.15) is 5.75 Å². The van der Waals surface area contributed by atoms with Crippen molar-refractivity contribution in [2.75, 3.05) is 38.2 Å². The number of amides is 1. The third-order valence-electron chi connectivity index (χ3n) is 5.54. The fraction of sp³-hybridized carbons (Fsp3) is 0.632. The number of ether oxygens (including phenoxy) is 1. The van der Waals surface area contributed by atoms with E-state index in [4.69, 9.17) is 4.74 Å². The number of benzene rings is 1. The van der Waals surface area contributed by atoms with E-state index in [1.54, 1.807) is 7.11 Å². The average molecular weight is 316 g/mol. The maximum Gasteiger partial charge on any atom is 0.233 e. The van der Waals surface area contributed by atoms with E-state index in [0.29, 0.717) is 5.91 Å². The number of nitrogens with zero attached hydrogens (tertiary/aromatic N) is 2. The first-order chi connectivity index (χ1) is 11.2. The van der Waals surface area contributed by atoms with Gasteiger partial charge in [-0.1, -0.05) is 13.3 Å². The lowest BCUT2D eigenvalue weighted by molar-refractivity contribution is -0.128. The Bertz CT molecular complexity index is 533. The quantitative estimate of drug-likeness (QED) is 0.835. The van der Waals surface area contributed by atoms with Crippen molar-refractivity contribution < 1.29 is 9.53 Å². The van der Waals surface area contributed by atoms with E-state index in [1.165, 1.54) is 19.4 Å². The van der Waals surface area contributed by atoms with Crippen molar-refractivity contribution in [2.24, 2.45) is 5.41 Å². The monoisotopic (exact) mass is 316 g/mol. The second-order valence-electron chi connectivity index (χ2n) is 6.88. The van der Waals surface area contributed by atoms with E-state index in [9.17, 15) is 4.79 Å². The van der Waals surface area contributed by atoms with Crippen LogP contribution in [0.15, 0.2) is 24.3 Å². The van der Waals surface area contributed by atoms with Crippen molar-refractivity contribution in [3.63, 3.8) is 0 Å². The largest absolute Gasteiger partial charge is 0.497 e. The van der Waals surface area contributed by atoms with Gasteiger partial charge in [-0.25, -0.2) is 0 Å². The van der Waals surface area contributed by atoms with Crippen LogP contribution in [0.5, 0.6) is 5.75 Å². The SMILES string of the molecule is CCCCN1CCC2(CC1)CCN(c1ccc(OC)cc1)C2=O. The third kappa shape index (κ3) is 3.23. The number of unbranched alkanes of at least 4 members (excludes halogenated alkanes) is 1. The summed E-state index contributed by atoms with van der Waals surface area (Å²) in [6.07, 6.45) is 5.54. The molecule has 4 nitrogen and oxygen atoms in total. The Balaban J connectivity index is 1.64. The smallest absolute Gasteiger partial charge is 0.233 e. The van der Waals surface area contributed by atoms with Crippen LogP contribution in [0, 0.1) is 5.41 Å². The highest BCUT2D eigenvalue weighted by atomic mass is 16.5. The van der Waals surface area contributed by atoms with Crippen LogP contribution in [-0.4, -0.2) is 44.1 Å². The van der Waals surface area contributed by atoms with Crippen molar-refractivity contribution in [1.29, 1.82) is 0 Å². The first-order valence-electron chi connectivity index (χ1n) is 8.87. The van der Waals surface area contributed by atoms with Crippen LogP contribution in [0.2, 0.25) is 0 Å². The van der Waals surface area contributed by atoms with E-state index < -0.39 is 0 Å². The van der Waals surface area contributed by atoms with Gasteiger partial charge in [0.2, 0.25) is 5.91 Å².